The highest BCUT2D eigenvalue weighted by Crippen LogP contribution is 2.24. The molecule has 0 spiro atoms. The third kappa shape index (κ3) is 4.66. The van der Waals surface area contributed by atoms with E-state index in [9.17, 15) is 0 Å². The third-order valence-electron chi connectivity index (χ3n) is 5.13. The standard InChI is InChI=1S/C23H27N3O2/c1-17-7-5-8-19(13-17)23-25-22(18(2)28-23)16-26(15-21-10-6-12-27-21)14-20-9-3-4-11-24-20/h3-5,7-9,11,13,21H,6,10,12,14-16H2,1-2H3/t21-/m0/s1. The average Bonchev–Trinajstić information content (AvgIpc) is 3.33. The van der Waals surface area contributed by atoms with Crippen LogP contribution in [0.5, 0.6) is 0 Å². The topological polar surface area (TPSA) is 51.4 Å². The summed E-state index contributed by atoms with van der Waals surface area (Å²) in [5.74, 6) is 1.56. The third-order valence-corrected chi connectivity index (χ3v) is 5.13. The van der Waals surface area contributed by atoms with E-state index in [1.807, 2.05) is 37.4 Å². The molecule has 0 saturated carbocycles. The van der Waals surface area contributed by atoms with Crippen LogP contribution in [0.3, 0.4) is 0 Å². The summed E-state index contributed by atoms with van der Waals surface area (Å²) >= 11 is 0. The largest absolute Gasteiger partial charge is 0.441 e. The van der Waals surface area contributed by atoms with Crippen molar-refractivity contribution in [2.75, 3.05) is 13.2 Å². The minimum atomic E-state index is 0.284. The van der Waals surface area contributed by atoms with Crippen LogP contribution in [0.15, 0.2) is 53.1 Å². The minimum absolute atomic E-state index is 0.284. The van der Waals surface area contributed by atoms with Crippen molar-refractivity contribution in [1.29, 1.82) is 0 Å². The van der Waals surface area contributed by atoms with Crippen molar-refractivity contribution in [3.05, 3.63) is 71.4 Å². The van der Waals surface area contributed by atoms with Crippen molar-refractivity contribution in [2.45, 2.75) is 45.9 Å². The van der Waals surface area contributed by atoms with E-state index >= 15 is 0 Å². The molecule has 0 N–H and O–H groups in total. The summed E-state index contributed by atoms with van der Waals surface area (Å²) in [5, 5.41) is 0. The van der Waals surface area contributed by atoms with Crippen LogP contribution < -0.4 is 0 Å². The fourth-order valence-corrected chi connectivity index (χ4v) is 3.67. The summed E-state index contributed by atoms with van der Waals surface area (Å²) in [6.07, 6.45) is 4.39. The lowest BCUT2D eigenvalue weighted by atomic mass is 10.1. The van der Waals surface area contributed by atoms with E-state index in [0.717, 1.165) is 61.8 Å². The van der Waals surface area contributed by atoms with Gasteiger partial charge in [-0.25, -0.2) is 4.98 Å². The van der Waals surface area contributed by atoms with Crippen LogP contribution in [-0.2, 0) is 17.8 Å². The van der Waals surface area contributed by atoms with Gasteiger partial charge in [-0.15, -0.1) is 0 Å². The summed E-state index contributed by atoms with van der Waals surface area (Å²) in [6.45, 7) is 7.30. The van der Waals surface area contributed by atoms with Crippen LogP contribution in [0.25, 0.3) is 11.5 Å². The Hall–Kier alpha value is -2.50. The van der Waals surface area contributed by atoms with Gasteiger partial charge in [-0.2, -0.15) is 0 Å². The van der Waals surface area contributed by atoms with Gasteiger partial charge in [-0.3, -0.25) is 9.88 Å². The van der Waals surface area contributed by atoms with E-state index in [4.69, 9.17) is 14.1 Å². The second-order valence-electron chi connectivity index (χ2n) is 7.52. The number of pyridine rings is 1. The van der Waals surface area contributed by atoms with E-state index in [-0.39, 0.29) is 6.10 Å². The molecule has 3 heterocycles. The van der Waals surface area contributed by atoms with Gasteiger partial charge in [-0.05, 0) is 51.0 Å². The van der Waals surface area contributed by atoms with E-state index in [0.29, 0.717) is 5.89 Å². The second kappa shape index (κ2) is 8.67. The van der Waals surface area contributed by atoms with Crippen LogP contribution in [0.2, 0.25) is 0 Å². The first kappa shape index (κ1) is 18.8. The van der Waals surface area contributed by atoms with Gasteiger partial charge in [0.05, 0.1) is 17.5 Å². The summed E-state index contributed by atoms with van der Waals surface area (Å²) in [4.78, 5) is 11.7. The normalized spacial score (nSPS) is 16.8. The fraction of sp³-hybridized carbons (Fsp3) is 0.391. The SMILES string of the molecule is Cc1cccc(-c2nc(CN(Cc3ccccn3)C[C@@H]3CCCO3)c(C)o2)c1. The van der Waals surface area contributed by atoms with E-state index < -0.39 is 0 Å². The van der Waals surface area contributed by atoms with Gasteiger partial charge in [-0.1, -0.05) is 23.8 Å². The smallest absolute Gasteiger partial charge is 0.226 e. The lowest BCUT2D eigenvalue weighted by molar-refractivity contribution is 0.0669. The number of benzene rings is 1. The molecular formula is C23H27N3O2. The van der Waals surface area contributed by atoms with Gasteiger partial charge in [0, 0.05) is 38.0 Å². The highest BCUT2D eigenvalue weighted by atomic mass is 16.5. The summed E-state index contributed by atoms with van der Waals surface area (Å²) < 4.78 is 11.9. The van der Waals surface area contributed by atoms with Gasteiger partial charge < -0.3 is 9.15 Å². The molecule has 28 heavy (non-hydrogen) atoms. The van der Waals surface area contributed by atoms with E-state index in [1.54, 1.807) is 0 Å². The van der Waals surface area contributed by atoms with Gasteiger partial charge in [0.25, 0.3) is 0 Å². The van der Waals surface area contributed by atoms with E-state index in [1.165, 1.54) is 5.56 Å². The molecule has 0 aliphatic carbocycles. The van der Waals surface area contributed by atoms with Crippen molar-refractivity contribution in [3.8, 4) is 11.5 Å². The molecule has 1 aromatic carbocycles. The average molecular weight is 377 g/mol. The summed E-state index contributed by atoms with van der Waals surface area (Å²) in [5.41, 5.74) is 4.25. The van der Waals surface area contributed by atoms with Gasteiger partial charge in [0.1, 0.15) is 5.76 Å². The molecule has 5 heteroatoms. The van der Waals surface area contributed by atoms with Crippen LogP contribution in [0.4, 0.5) is 0 Å². The molecule has 0 bridgehead atoms. The Labute approximate surface area is 166 Å². The summed E-state index contributed by atoms with van der Waals surface area (Å²) in [6, 6.07) is 14.3. The predicted molar refractivity (Wildman–Crippen MR) is 109 cm³/mol. The number of nitrogens with zero attached hydrogens (tertiary/aromatic N) is 3. The highest BCUT2D eigenvalue weighted by Gasteiger charge is 2.22. The number of oxazole rings is 1. The molecule has 0 radical (unpaired) electrons. The van der Waals surface area contributed by atoms with Crippen molar-refractivity contribution in [1.82, 2.24) is 14.9 Å². The molecule has 2 aromatic heterocycles. The lowest BCUT2D eigenvalue weighted by Crippen LogP contribution is -2.32. The molecule has 5 nitrogen and oxygen atoms in total. The zero-order valence-electron chi connectivity index (χ0n) is 16.6. The predicted octanol–water partition coefficient (Wildman–Crippen LogP) is 4.53. The van der Waals surface area contributed by atoms with Crippen molar-refractivity contribution in [2.24, 2.45) is 0 Å². The Bertz CT molecular complexity index is 901. The Kier molecular flexibility index (Phi) is 5.84. The molecule has 1 aliphatic heterocycles. The maximum Gasteiger partial charge on any atom is 0.226 e. The van der Waals surface area contributed by atoms with Gasteiger partial charge in [0.2, 0.25) is 5.89 Å². The fourth-order valence-electron chi connectivity index (χ4n) is 3.67. The quantitative estimate of drug-likeness (QED) is 0.605. The Morgan fingerprint density at radius 1 is 1.11 bits per heavy atom. The Morgan fingerprint density at radius 2 is 2.04 bits per heavy atom. The van der Waals surface area contributed by atoms with Crippen molar-refractivity contribution >= 4 is 0 Å². The number of ether oxygens (including phenoxy) is 1. The first-order chi connectivity index (χ1) is 13.7. The molecule has 0 unspecified atom stereocenters. The zero-order chi connectivity index (χ0) is 19.3. The van der Waals surface area contributed by atoms with Crippen LogP contribution in [0.1, 0.15) is 35.6 Å². The van der Waals surface area contributed by atoms with Crippen LogP contribution in [0, 0.1) is 13.8 Å². The van der Waals surface area contributed by atoms with Crippen LogP contribution in [-0.4, -0.2) is 34.1 Å². The number of rotatable bonds is 7. The minimum Gasteiger partial charge on any atom is -0.441 e. The molecule has 1 saturated heterocycles. The van der Waals surface area contributed by atoms with Gasteiger partial charge >= 0.3 is 0 Å². The molecule has 1 fully saturated rings. The molecule has 146 valence electrons. The molecular weight excluding hydrogens is 350 g/mol. The Morgan fingerprint density at radius 3 is 2.79 bits per heavy atom. The molecule has 1 atom stereocenters. The maximum atomic E-state index is 5.99. The highest BCUT2D eigenvalue weighted by molar-refractivity contribution is 5.54. The summed E-state index contributed by atoms with van der Waals surface area (Å²) in [7, 11) is 0. The van der Waals surface area contributed by atoms with Crippen LogP contribution >= 0.6 is 0 Å². The van der Waals surface area contributed by atoms with Crippen molar-refractivity contribution < 1.29 is 9.15 Å². The first-order valence-electron chi connectivity index (χ1n) is 9.94. The Balaban J connectivity index is 1.53. The monoisotopic (exact) mass is 377 g/mol. The lowest BCUT2D eigenvalue weighted by Gasteiger charge is -2.24. The second-order valence-corrected chi connectivity index (χ2v) is 7.52. The van der Waals surface area contributed by atoms with Gasteiger partial charge in [0.15, 0.2) is 0 Å². The maximum absolute atomic E-state index is 5.99. The first-order valence-corrected chi connectivity index (χ1v) is 9.94. The number of hydrogen-bond donors (Lipinski definition) is 0. The van der Waals surface area contributed by atoms with E-state index in [2.05, 4.69) is 35.0 Å². The number of aromatic nitrogens is 2. The number of hydrogen-bond acceptors (Lipinski definition) is 5. The molecule has 0 amide bonds. The van der Waals surface area contributed by atoms with Crippen molar-refractivity contribution in [3.63, 3.8) is 0 Å². The number of aryl methyl sites for hydroxylation is 2. The zero-order valence-corrected chi connectivity index (χ0v) is 16.6. The molecule has 4 rings (SSSR count). The molecule has 1 aliphatic rings. The molecule has 3 aromatic rings.